The van der Waals surface area contributed by atoms with Crippen molar-refractivity contribution < 1.29 is 4.74 Å². The first kappa shape index (κ1) is 18.6. The lowest BCUT2D eigenvalue weighted by molar-refractivity contribution is 0.164. The number of hydrogen-bond acceptors (Lipinski definition) is 6. The molecule has 1 aliphatic heterocycles. The third-order valence-electron chi connectivity index (χ3n) is 5.44. The van der Waals surface area contributed by atoms with E-state index in [4.69, 9.17) is 9.72 Å². The van der Waals surface area contributed by atoms with Crippen molar-refractivity contribution in [3.63, 3.8) is 0 Å². The summed E-state index contributed by atoms with van der Waals surface area (Å²) in [5, 5.41) is 14.7. The van der Waals surface area contributed by atoms with Gasteiger partial charge in [-0.2, -0.15) is 5.10 Å². The van der Waals surface area contributed by atoms with Crippen LogP contribution in [0.15, 0.2) is 54.9 Å². The summed E-state index contributed by atoms with van der Waals surface area (Å²) in [5.74, 6) is 1.36. The quantitative estimate of drug-likeness (QED) is 0.465. The highest BCUT2D eigenvalue weighted by Gasteiger charge is 2.17. The van der Waals surface area contributed by atoms with E-state index >= 15 is 0 Å². The normalized spacial score (nSPS) is 14.7. The molecule has 0 saturated carbocycles. The first-order valence-corrected chi connectivity index (χ1v) is 10.3. The number of piperidine rings is 1. The highest BCUT2D eigenvalue weighted by Crippen LogP contribution is 2.30. The van der Waals surface area contributed by atoms with Crippen LogP contribution in [0.5, 0.6) is 5.75 Å². The van der Waals surface area contributed by atoms with E-state index in [9.17, 15) is 0 Å². The van der Waals surface area contributed by atoms with Crippen LogP contribution in [0, 0.1) is 6.92 Å². The van der Waals surface area contributed by atoms with Gasteiger partial charge in [-0.15, -0.1) is 0 Å². The number of aryl methyl sites for hydroxylation is 1. The molecule has 1 saturated heterocycles. The summed E-state index contributed by atoms with van der Waals surface area (Å²) in [6, 6.07) is 14.1. The fourth-order valence-corrected chi connectivity index (χ4v) is 3.79. The number of nitrogens with one attached hydrogen (secondary N) is 3. The molecule has 1 fully saturated rings. The Morgan fingerprint density at radius 1 is 1.10 bits per heavy atom. The molecule has 7 nitrogen and oxygen atoms in total. The summed E-state index contributed by atoms with van der Waals surface area (Å²) in [6.45, 7) is 4.05. The van der Waals surface area contributed by atoms with Crippen molar-refractivity contribution in [1.29, 1.82) is 0 Å². The summed E-state index contributed by atoms with van der Waals surface area (Å²) in [7, 11) is 0. The van der Waals surface area contributed by atoms with Crippen molar-refractivity contribution in [2.45, 2.75) is 25.9 Å². The van der Waals surface area contributed by atoms with Gasteiger partial charge in [-0.05, 0) is 62.7 Å². The van der Waals surface area contributed by atoms with Crippen LogP contribution in [0.3, 0.4) is 0 Å². The average Bonchev–Trinajstić information content (AvgIpc) is 3.32. The van der Waals surface area contributed by atoms with Crippen LogP contribution in [0.25, 0.3) is 22.2 Å². The topological polar surface area (TPSA) is 87.8 Å². The number of H-pyrrole nitrogens is 1. The largest absolute Gasteiger partial charge is 0.488 e. The van der Waals surface area contributed by atoms with Gasteiger partial charge in [0.25, 0.3) is 0 Å². The molecule has 3 N–H and O–H groups in total. The number of aromatic nitrogens is 4. The minimum absolute atomic E-state index is 0.217. The number of aromatic amines is 1. The molecule has 0 bridgehead atoms. The number of anilines is 2. The number of rotatable bonds is 5. The summed E-state index contributed by atoms with van der Waals surface area (Å²) < 4.78 is 6.33. The zero-order chi connectivity index (χ0) is 20.3. The molecule has 0 amide bonds. The predicted molar refractivity (Wildman–Crippen MR) is 118 cm³/mol. The molecular formula is C23H24N6O. The van der Waals surface area contributed by atoms with Crippen molar-refractivity contribution in [3.8, 4) is 17.0 Å². The molecule has 1 aliphatic rings. The maximum atomic E-state index is 6.33. The van der Waals surface area contributed by atoms with Gasteiger partial charge in [0.2, 0.25) is 5.95 Å². The van der Waals surface area contributed by atoms with Gasteiger partial charge in [0.15, 0.2) is 0 Å². The summed E-state index contributed by atoms with van der Waals surface area (Å²) >= 11 is 0. The molecule has 0 radical (unpaired) electrons. The Balaban J connectivity index is 1.45. The van der Waals surface area contributed by atoms with Gasteiger partial charge in [0, 0.05) is 29.0 Å². The van der Waals surface area contributed by atoms with Gasteiger partial charge in [-0.3, -0.25) is 5.10 Å². The van der Waals surface area contributed by atoms with E-state index in [1.165, 1.54) is 0 Å². The molecule has 0 spiro atoms. The van der Waals surface area contributed by atoms with Gasteiger partial charge in [-0.1, -0.05) is 18.2 Å². The van der Waals surface area contributed by atoms with Crippen LogP contribution in [0.4, 0.5) is 11.6 Å². The van der Waals surface area contributed by atoms with Crippen LogP contribution in [0.1, 0.15) is 18.4 Å². The Bertz CT molecular complexity index is 1150. The third-order valence-corrected chi connectivity index (χ3v) is 5.44. The Morgan fingerprint density at radius 3 is 2.83 bits per heavy atom. The van der Waals surface area contributed by atoms with E-state index in [1.807, 2.05) is 42.6 Å². The Labute approximate surface area is 174 Å². The van der Waals surface area contributed by atoms with Crippen LogP contribution in [-0.2, 0) is 0 Å². The maximum Gasteiger partial charge on any atom is 0.227 e. The second-order valence-corrected chi connectivity index (χ2v) is 7.58. The van der Waals surface area contributed by atoms with Crippen LogP contribution < -0.4 is 15.4 Å². The second-order valence-electron chi connectivity index (χ2n) is 7.58. The maximum absolute atomic E-state index is 6.33. The van der Waals surface area contributed by atoms with Crippen molar-refractivity contribution >= 4 is 22.5 Å². The van der Waals surface area contributed by atoms with Gasteiger partial charge in [-0.25, -0.2) is 9.97 Å². The van der Waals surface area contributed by atoms with Gasteiger partial charge in [0.05, 0.1) is 5.69 Å². The van der Waals surface area contributed by atoms with Crippen molar-refractivity contribution in [1.82, 2.24) is 25.5 Å². The number of hydrogen-bond donors (Lipinski definition) is 3. The first-order valence-electron chi connectivity index (χ1n) is 10.3. The fraction of sp³-hybridized carbons (Fsp3) is 0.261. The van der Waals surface area contributed by atoms with Crippen molar-refractivity contribution in [3.05, 3.63) is 60.4 Å². The van der Waals surface area contributed by atoms with Crippen molar-refractivity contribution in [2.75, 3.05) is 18.4 Å². The molecule has 30 heavy (non-hydrogen) atoms. The molecular weight excluding hydrogens is 376 g/mol. The number of ether oxygens (including phenoxy) is 1. The lowest BCUT2D eigenvalue weighted by Gasteiger charge is -2.24. The SMILES string of the molecule is Cc1ccc(OC2CCNCC2)c2nc(Nc3cccc(-c4ccn[nH]4)c3)ncc12. The average molecular weight is 400 g/mol. The summed E-state index contributed by atoms with van der Waals surface area (Å²) in [4.78, 5) is 9.34. The van der Waals surface area contributed by atoms with E-state index < -0.39 is 0 Å². The van der Waals surface area contributed by atoms with Crippen LogP contribution >= 0.6 is 0 Å². The zero-order valence-corrected chi connectivity index (χ0v) is 16.9. The second kappa shape index (κ2) is 8.12. The van der Waals surface area contributed by atoms with Crippen molar-refractivity contribution in [2.24, 2.45) is 0 Å². The third kappa shape index (κ3) is 3.84. The van der Waals surface area contributed by atoms with E-state index in [0.717, 1.165) is 65.1 Å². The molecule has 2 aromatic carbocycles. The molecule has 0 aliphatic carbocycles. The molecule has 7 heteroatoms. The lowest BCUT2D eigenvalue weighted by Crippen LogP contribution is -2.34. The lowest BCUT2D eigenvalue weighted by atomic mass is 10.1. The number of nitrogens with zero attached hydrogens (tertiary/aromatic N) is 3. The molecule has 3 heterocycles. The van der Waals surface area contributed by atoms with Crippen LogP contribution in [-0.4, -0.2) is 39.4 Å². The van der Waals surface area contributed by atoms with Gasteiger partial charge < -0.3 is 15.4 Å². The van der Waals surface area contributed by atoms with Crippen LogP contribution in [0.2, 0.25) is 0 Å². The molecule has 5 rings (SSSR count). The van der Waals surface area contributed by atoms with E-state index in [2.05, 4.69) is 38.8 Å². The Morgan fingerprint density at radius 2 is 2.00 bits per heavy atom. The minimum atomic E-state index is 0.217. The highest BCUT2D eigenvalue weighted by molar-refractivity contribution is 5.87. The minimum Gasteiger partial charge on any atom is -0.488 e. The number of fused-ring (bicyclic) bond motifs is 1. The summed E-state index contributed by atoms with van der Waals surface area (Å²) in [5.41, 5.74) is 4.90. The molecule has 0 unspecified atom stereocenters. The van der Waals surface area contributed by atoms with E-state index in [0.29, 0.717) is 5.95 Å². The standard InChI is InChI=1S/C23H24N6O/c1-15-5-6-21(30-18-7-10-24-11-8-18)22-19(15)14-25-23(28-22)27-17-4-2-3-16(13-17)20-9-12-26-29-20/h2-6,9,12-14,18,24H,7-8,10-11H2,1H3,(H,26,29)(H,25,27,28). The van der Waals surface area contributed by atoms with Gasteiger partial charge in [0.1, 0.15) is 17.4 Å². The number of benzene rings is 2. The van der Waals surface area contributed by atoms with E-state index in [-0.39, 0.29) is 6.10 Å². The Hall–Kier alpha value is -3.45. The smallest absolute Gasteiger partial charge is 0.227 e. The molecule has 152 valence electrons. The van der Waals surface area contributed by atoms with Gasteiger partial charge >= 0.3 is 0 Å². The highest BCUT2D eigenvalue weighted by atomic mass is 16.5. The first-order chi connectivity index (χ1) is 14.8. The monoisotopic (exact) mass is 400 g/mol. The zero-order valence-electron chi connectivity index (χ0n) is 16.9. The predicted octanol–water partition coefficient (Wildman–Crippen LogP) is 4.20. The Kier molecular flexibility index (Phi) is 5.03. The fourth-order valence-electron chi connectivity index (χ4n) is 3.79. The molecule has 2 aromatic heterocycles. The molecule has 4 aromatic rings. The molecule has 0 atom stereocenters. The van der Waals surface area contributed by atoms with E-state index in [1.54, 1.807) is 6.20 Å². The summed E-state index contributed by atoms with van der Waals surface area (Å²) in [6.07, 6.45) is 5.84.